The fraction of sp³-hybridized carbons (Fsp3) is 0.667. The SMILES string of the molecule is CN1CCCN=C1NCC1CN(Cc2ccccc2)CC12CCOCC2. The molecular formula is C21H32N4O. The Bertz CT molecular complexity index is 612. The molecule has 3 heterocycles. The minimum absolute atomic E-state index is 0.397. The van der Waals surface area contributed by atoms with Crippen LogP contribution >= 0.6 is 0 Å². The smallest absolute Gasteiger partial charge is 0.193 e. The average Bonchev–Trinajstić information content (AvgIpc) is 2.99. The maximum atomic E-state index is 5.70. The third kappa shape index (κ3) is 3.89. The van der Waals surface area contributed by atoms with Crippen molar-refractivity contribution in [2.75, 3.05) is 53.0 Å². The highest BCUT2D eigenvalue weighted by Gasteiger charge is 2.46. The van der Waals surface area contributed by atoms with Gasteiger partial charge in [0.25, 0.3) is 0 Å². The van der Waals surface area contributed by atoms with Gasteiger partial charge in [-0.25, -0.2) is 0 Å². The van der Waals surface area contributed by atoms with E-state index in [2.05, 4.69) is 57.5 Å². The van der Waals surface area contributed by atoms with Gasteiger partial charge in [0.2, 0.25) is 0 Å². The van der Waals surface area contributed by atoms with Crippen molar-refractivity contribution in [2.45, 2.75) is 25.8 Å². The van der Waals surface area contributed by atoms with E-state index in [1.165, 1.54) is 31.5 Å². The number of rotatable bonds is 4. The van der Waals surface area contributed by atoms with Crippen molar-refractivity contribution in [3.05, 3.63) is 35.9 Å². The van der Waals surface area contributed by atoms with Gasteiger partial charge in [-0.15, -0.1) is 0 Å². The molecule has 5 nitrogen and oxygen atoms in total. The summed E-state index contributed by atoms with van der Waals surface area (Å²) in [6.07, 6.45) is 3.54. The molecule has 1 atom stereocenters. The molecule has 2 saturated heterocycles. The van der Waals surface area contributed by atoms with Gasteiger partial charge in [-0.2, -0.15) is 0 Å². The molecule has 1 spiro atoms. The number of hydrogen-bond donors (Lipinski definition) is 1. The van der Waals surface area contributed by atoms with Crippen LogP contribution in [0, 0.1) is 11.3 Å². The second-order valence-electron chi connectivity index (χ2n) is 8.19. The van der Waals surface area contributed by atoms with Gasteiger partial charge in [0.15, 0.2) is 5.96 Å². The van der Waals surface area contributed by atoms with Crippen molar-refractivity contribution < 1.29 is 4.74 Å². The van der Waals surface area contributed by atoms with Crippen molar-refractivity contribution >= 4 is 5.96 Å². The summed E-state index contributed by atoms with van der Waals surface area (Å²) in [7, 11) is 2.14. The Morgan fingerprint density at radius 1 is 1.23 bits per heavy atom. The number of aliphatic imine (C=N–C) groups is 1. The first-order valence-electron chi connectivity index (χ1n) is 10.1. The highest BCUT2D eigenvalue weighted by atomic mass is 16.5. The van der Waals surface area contributed by atoms with Crippen molar-refractivity contribution in [3.8, 4) is 0 Å². The molecule has 0 aromatic heterocycles. The predicted octanol–water partition coefficient (Wildman–Crippen LogP) is 2.20. The molecule has 0 radical (unpaired) electrons. The van der Waals surface area contributed by atoms with Gasteiger partial charge < -0.3 is 15.0 Å². The predicted molar refractivity (Wildman–Crippen MR) is 105 cm³/mol. The molecule has 0 aliphatic carbocycles. The molecule has 142 valence electrons. The van der Waals surface area contributed by atoms with E-state index in [1.807, 2.05) is 0 Å². The van der Waals surface area contributed by atoms with Crippen molar-refractivity contribution in [2.24, 2.45) is 16.3 Å². The van der Waals surface area contributed by atoms with Crippen LogP contribution in [0.25, 0.3) is 0 Å². The first-order chi connectivity index (χ1) is 12.8. The fourth-order valence-corrected chi connectivity index (χ4v) is 4.86. The lowest BCUT2D eigenvalue weighted by Gasteiger charge is -2.39. The largest absolute Gasteiger partial charge is 0.381 e. The van der Waals surface area contributed by atoms with E-state index < -0.39 is 0 Å². The van der Waals surface area contributed by atoms with E-state index in [-0.39, 0.29) is 0 Å². The molecule has 1 N–H and O–H groups in total. The lowest BCUT2D eigenvalue weighted by atomic mass is 9.72. The van der Waals surface area contributed by atoms with Crippen LogP contribution in [-0.4, -0.2) is 68.7 Å². The zero-order valence-electron chi connectivity index (χ0n) is 16.0. The number of guanidine groups is 1. The number of benzene rings is 1. The van der Waals surface area contributed by atoms with Crippen LogP contribution in [0.3, 0.4) is 0 Å². The molecule has 5 heteroatoms. The van der Waals surface area contributed by atoms with Crippen molar-refractivity contribution in [1.29, 1.82) is 0 Å². The zero-order valence-corrected chi connectivity index (χ0v) is 16.0. The highest BCUT2D eigenvalue weighted by Crippen LogP contribution is 2.44. The quantitative estimate of drug-likeness (QED) is 0.898. The van der Waals surface area contributed by atoms with E-state index >= 15 is 0 Å². The standard InChI is InChI=1S/C21H32N4O/c1-24-11-5-10-22-20(24)23-14-19-16-25(15-18-6-3-2-4-7-18)17-21(19)8-12-26-13-9-21/h2-4,6-7,19H,5,8-17H2,1H3,(H,22,23). The van der Waals surface area contributed by atoms with Crippen LogP contribution in [0.15, 0.2) is 35.3 Å². The molecule has 1 unspecified atom stereocenters. The van der Waals surface area contributed by atoms with E-state index in [0.29, 0.717) is 11.3 Å². The van der Waals surface area contributed by atoms with Crippen LogP contribution in [0.1, 0.15) is 24.8 Å². The normalized spacial score (nSPS) is 26.1. The summed E-state index contributed by atoms with van der Waals surface area (Å²) in [4.78, 5) is 9.60. The van der Waals surface area contributed by atoms with Crippen LogP contribution < -0.4 is 5.32 Å². The minimum atomic E-state index is 0.397. The average molecular weight is 357 g/mol. The third-order valence-corrected chi connectivity index (χ3v) is 6.40. The van der Waals surface area contributed by atoms with Gasteiger partial charge in [-0.1, -0.05) is 30.3 Å². The molecule has 1 aromatic carbocycles. The maximum Gasteiger partial charge on any atom is 0.193 e. The molecule has 1 aromatic rings. The Kier molecular flexibility index (Phi) is 5.46. The third-order valence-electron chi connectivity index (χ3n) is 6.40. The first-order valence-corrected chi connectivity index (χ1v) is 10.1. The fourth-order valence-electron chi connectivity index (χ4n) is 4.86. The van der Waals surface area contributed by atoms with E-state index in [0.717, 1.165) is 51.8 Å². The van der Waals surface area contributed by atoms with E-state index in [4.69, 9.17) is 4.74 Å². The topological polar surface area (TPSA) is 40.1 Å². The Hall–Kier alpha value is -1.59. The van der Waals surface area contributed by atoms with Crippen molar-refractivity contribution in [3.63, 3.8) is 0 Å². The molecule has 3 aliphatic heterocycles. The van der Waals surface area contributed by atoms with Gasteiger partial charge in [0.05, 0.1) is 0 Å². The van der Waals surface area contributed by atoms with Gasteiger partial charge >= 0.3 is 0 Å². The summed E-state index contributed by atoms with van der Waals surface area (Å²) in [5.74, 6) is 1.74. The summed E-state index contributed by atoms with van der Waals surface area (Å²) in [5.41, 5.74) is 1.81. The summed E-state index contributed by atoms with van der Waals surface area (Å²) >= 11 is 0. The summed E-state index contributed by atoms with van der Waals surface area (Å²) in [6, 6.07) is 10.9. The molecule has 26 heavy (non-hydrogen) atoms. The van der Waals surface area contributed by atoms with Crippen LogP contribution in [0.5, 0.6) is 0 Å². The number of nitrogens with zero attached hydrogens (tertiary/aromatic N) is 3. The molecule has 3 aliphatic rings. The summed E-state index contributed by atoms with van der Waals surface area (Å²) < 4.78 is 5.70. The van der Waals surface area contributed by atoms with Crippen LogP contribution in [0.4, 0.5) is 0 Å². The monoisotopic (exact) mass is 356 g/mol. The van der Waals surface area contributed by atoms with Gasteiger partial charge in [-0.05, 0) is 36.2 Å². The molecular weight excluding hydrogens is 324 g/mol. The molecule has 4 rings (SSSR count). The first kappa shape index (κ1) is 17.8. The Morgan fingerprint density at radius 3 is 2.81 bits per heavy atom. The number of nitrogens with one attached hydrogen (secondary N) is 1. The zero-order chi connectivity index (χ0) is 17.8. The lowest BCUT2D eigenvalue weighted by molar-refractivity contribution is 0.000195. The highest BCUT2D eigenvalue weighted by molar-refractivity contribution is 5.80. The van der Waals surface area contributed by atoms with Gasteiger partial charge in [0.1, 0.15) is 0 Å². The lowest BCUT2D eigenvalue weighted by Crippen LogP contribution is -2.47. The summed E-state index contributed by atoms with van der Waals surface area (Å²) in [6.45, 7) is 8.33. The molecule has 0 amide bonds. The number of ether oxygens (including phenoxy) is 1. The Labute approximate surface area is 157 Å². The van der Waals surface area contributed by atoms with Crippen LogP contribution in [-0.2, 0) is 11.3 Å². The Balaban J connectivity index is 1.43. The van der Waals surface area contributed by atoms with Crippen molar-refractivity contribution in [1.82, 2.24) is 15.1 Å². The van der Waals surface area contributed by atoms with Gasteiger partial charge in [0, 0.05) is 59.5 Å². The minimum Gasteiger partial charge on any atom is -0.381 e. The number of likely N-dealkylation sites (tertiary alicyclic amines) is 1. The number of hydrogen-bond acceptors (Lipinski definition) is 5. The second-order valence-corrected chi connectivity index (χ2v) is 8.19. The van der Waals surface area contributed by atoms with E-state index in [1.54, 1.807) is 0 Å². The van der Waals surface area contributed by atoms with E-state index in [9.17, 15) is 0 Å². The molecule has 0 saturated carbocycles. The molecule has 2 fully saturated rings. The molecule has 0 bridgehead atoms. The summed E-state index contributed by atoms with van der Waals surface area (Å²) in [5, 5.41) is 3.68. The van der Waals surface area contributed by atoms with Gasteiger partial charge in [-0.3, -0.25) is 9.89 Å². The Morgan fingerprint density at radius 2 is 2.04 bits per heavy atom. The van der Waals surface area contributed by atoms with Crippen LogP contribution in [0.2, 0.25) is 0 Å². The second kappa shape index (κ2) is 7.97. The maximum absolute atomic E-state index is 5.70.